The van der Waals surface area contributed by atoms with E-state index in [-0.39, 0.29) is 5.82 Å². The van der Waals surface area contributed by atoms with Crippen LogP contribution in [0.2, 0.25) is 0 Å². The van der Waals surface area contributed by atoms with Crippen LogP contribution in [0.5, 0.6) is 0 Å². The Bertz CT molecular complexity index is 237. The molecular weight excluding hydrogens is 258 g/mol. The van der Waals surface area contributed by atoms with Crippen LogP contribution in [0, 0.1) is 9.39 Å². The smallest absolute Gasteiger partial charge is 0.127 e. The van der Waals surface area contributed by atoms with E-state index in [1.165, 1.54) is 0 Å². The van der Waals surface area contributed by atoms with Crippen molar-refractivity contribution in [3.05, 3.63) is 33.1 Å². The molecule has 1 aromatic carbocycles. The molecule has 0 N–H and O–H groups in total. The summed E-state index contributed by atoms with van der Waals surface area (Å²) in [5, 5.41) is 0. The lowest BCUT2D eigenvalue weighted by Gasteiger charge is -1.97. The van der Waals surface area contributed by atoms with Crippen LogP contribution in [0.4, 0.5) is 4.39 Å². The van der Waals surface area contributed by atoms with Crippen molar-refractivity contribution in [1.29, 1.82) is 0 Å². The van der Waals surface area contributed by atoms with Crippen molar-refractivity contribution < 1.29 is 4.39 Å². The molecule has 0 bridgehead atoms. The van der Waals surface area contributed by atoms with Crippen LogP contribution in [0.15, 0.2) is 18.2 Å². The number of hydrogen-bond acceptors (Lipinski definition) is 0. The monoisotopic (exact) mass is 266 g/mol. The summed E-state index contributed by atoms with van der Waals surface area (Å²) in [6.07, 6.45) is 0. The van der Waals surface area contributed by atoms with Gasteiger partial charge in [-0.3, -0.25) is 0 Å². The van der Waals surface area contributed by atoms with E-state index in [0.717, 1.165) is 25.4 Å². The molecule has 0 atom stereocenters. The highest BCUT2D eigenvalue weighted by Crippen LogP contribution is 2.11. The molecule has 0 saturated heterocycles. The topological polar surface area (TPSA) is 0 Å². The van der Waals surface area contributed by atoms with Crippen molar-refractivity contribution in [3.8, 4) is 0 Å². The normalized spacial score (nSPS) is 10.2. The van der Waals surface area contributed by atoms with Gasteiger partial charge in [-0.15, -0.1) is 0 Å². The van der Waals surface area contributed by atoms with E-state index in [0.29, 0.717) is 0 Å². The lowest BCUT2D eigenvalue weighted by molar-refractivity contribution is 0.616. The number of halogens is 2. The number of benzene rings is 1. The Morgan fingerprint density at radius 3 is 2.70 bits per heavy atom. The molecule has 10 heavy (non-hydrogen) atoms. The summed E-state index contributed by atoms with van der Waals surface area (Å²) in [4.78, 5) is 0. The first-order chi connectivity index (χ1) is 4.74. The third-order valence-electron chi connectivity index (χ3n) is 1.40. The highest BCUT2D eigenvalue weighted by molar-refractivity contribution is 14.1. The maximum atomic E-state index is 12.9. The van der Waals surface area contributed by atoms with Gasteiger partial charge in [0.05, 0.1) is 0 Å². The average molecular weight is 266 g/mol. The first-order valence-corrected chi connectivity index (χ1v) is 5.67. The molecule has 0 radical (unpaired) electrons. The first-order valence-electron chi connectivity index (χ1n) is 3.18. The van der Waals surface area contributed by atoms with E-state index in [9.17, 15) is 4.39 Å². The van der Waals surface area contributed by atoms with Crippen LogP contribution in [-0.2, 0) is 6.04 Å². The number of rotatable bonds is 1. The second-order valence-electron chi connectivity index (χ2n) is 2.09. The molecule has 0 aliphatic carbocycles. The molecular formula is C7H8FISi. The summed E-state index contributed by atoms with van der Waals surface area (Å²) in [7, 11) is 1.03. The fourth-order valence-corrected chi connectivity index (χ4v) is 1.84. The van der Waals surface area contributed by atoms with Crippen LogP contribution in [0.25, 0.3) is 0 Å². The average Bonchev–Trinajstić information content (AvgIpc) is 1.88. The van der Waals surface area contributed by atoms with Gasteiger partial charge in [0.2, 0.25) is 0 Å². The minimum atomic E-state index is -0.0538. The fraction of sp³-hybridized carbons (Fsp3) is 0.143. The zero-order chi connectivity index (χ0) is 7.56. The highest BCUT2D eigenvalue weighted by Gasteiger charge is 1.98. The van der Waals surface area contributed by atoms with Crippen LogP contribution in [0.1, 0.15) is 5.56 Å². The lowest BCUT2D eigenvalue weighted by atomic mass is 10.2. The maximum absolute atomic E-state index is 12.9. The van der Waals surface area contributed by atoms with Gasteiger partial charge in [-0.1, -0.05) is 6.07 Å². The molecule has 0 nitrogen and oxygen atoms in total. The molecule has 0 heterocycles. The molecule has 0 spiro atoms. The minimum absolute atomic E-state index is 0.0538. The van der Waals surface area contributed by atoms with Crippen molar-refractivity contribution in [2.45, 2.75) is 6.04 Å². The third kappa shape index (κ3) is 1.79. The zero-order valence-corrected chi connectivity index (χ0v) is 9.85. The zero-order valence-electron chi connectivity index (χ0n) is 5.70. The van der Waals surface area contributed by atoms with E-state index < -0.39 is 0 Å². The Labute approximate surface area is 76.4 Å². The Balaban J connectivity index is 3.07. The predicted octanol–water partition coefficient (Wildman–Crippen LogP) is 1.30. The van der Waals surface area contributed by atoms with E-state index >= 15 is 0 Å². The Kier molecular flexibility index (Phi) is 2.85. The Hall–Kier alpha value is 0.0969. The number of hydrogen-bond donors (Lipinski definition) is 0. The van der Waals surface area contributed by atoms with Crippen molar-refractivity contribution in [2.75, 3.05) is 0 Å². The molecule has 0 aromatic heterocycles. The van der Waals surface area contributed by atoms with Crippen LogP contribution in [0.3, 0.4) is 0 Å². The molecule has 0 amide bonds. The molecule has 1 rings (SSSR count). The highest BCUT2D eigenvalue weighted by atomic mass is 127. The van der Waals surface area contributed by atoms with E-state index in [2.05, 4.69) is 22.6 Å². The molecule has 0 fully saturated rings. The molecule has 0 aliphatic heterocycles. The van der Waals surface area contributed by atoms with E-state index in [1.54, 1.807) is 6.07 Å². The first kappa shape index (κ1) is 8.20. The molecule has 1 aromatic rings. The van der Waals surface area contributed by atoms with Gasteiger partial charge in [-0.2, -0.15) is 0 Å². The van der Waals surface area contributed by atoms with Gasteiger partial charge in [0.1, 0.15) is 5.82 Å². The predicted molar refractivity (Wildman–Crippen MR) is 52.8 cm³/mol. The van der Waals surface area contributed by atoms with Gasteiger partial charge < -0.3 is 0 Å². The summed E-state index contributed by atoms with van der Waals surface area (Å²) in [6.45, 7) is 0. The standard InChI is InChI=1S/C7H8FISi/c8-7-3-6(9)2-1-5(7)4-10/h1-3H,4H2,10H3. The lowest BCUT2D eigenvalue weighted by Crippen LogP contribution is -1.89. The third-order valence-corrected chi connectivity index (χ3v) is 2.83. The van der Waals surface area contributed by atoms with Crippen molar-refractivity contribution in [1.82, 2.24) is 0 Å². The molecule has 0 unspecified atom stereocenters. The molecule has 54 valence electrons. The second kappa shape index (κ2) is 3.48. The van der Waals surface area contributed by atoms with E-state index in [1.807, 2.05) is 12.1 Å². The SMILES string of the molecule is Fc1cc(I)ccc1C[SiH3]. The maximum Gasteiger partial charge on any atom is 0.127 e. The molecule has 0 aliphatic rings. The summed E-state index contributed by atoms with van der Waals surface area (Å²) in [5.74, 6) is -0.0538. The quantitative estimate of drug-likeness (QED) is 0.531. The summed E-state index contributed by atoms with van der Waals surface area (Å²) in [5.41, 5.74) is 0.854. The second-order valence-corrected chi connectivity index (χ2v) is 4.04. The summed E-state index contributed by atoms with van der Waals surface area (Å²) < 4.78 is 13.8. The van der Waals surface area contributed by atoms with Gasteiger partial charge in [0, 0.05) is 13.8 Å². The van der Waals surface area contributed by atoms with Crippen LogP contribution < -0.4 is 0 Å². The van der Waals surface area contributed by atoms with Crippen molar-refractivity contribution in [3.63, 3.8) is 0 Å². The van der Waals surface area contributed by atoms with Gasteiger partial charge in [-0.25, -0.2) is 4.39 Å². The van der Waals surface area contributed by atoms with E-state index in [4.69, 9.17) is 0 Å². The minimum Gasteiger partial charge on any atom is -0.207 e. The van der Waals surface area contributed by atoms with Crippen LogP contribution >= 0.6 is 22.6 Å². The Morgan fingerprint density at radius 2 is 2.20 bits per heavy atom. The van der Waals surface area contributed by atoms with Gasteiger partial charge >= 0.3 is 0 Å². The Morgan fingerprint density at radius 1 is 1.50 bits per heavy atom. The largest absolute Gasteiger partial charge is 0.207 e. The van der Waals surface area contributed by atoms with Crippen molar-refractivity contribution >= 4 is 32.8 Å². The van der Waals surface area contributed by atoms with Gasteiger partial charge in [0.25, 0.3) is 0 Å². The summed E-state index contributed by atoms with van der Waals surface area (Å²) >= 11 is 2.11. The fourth-order valence-electron chi connectivity index (χ4n) is 0.808. The van der Waals surface area contributed by atoms with Crippen molar-refractivity contribution in [2.24, 2.45) is 0 Å². The van der Waals surface area contributed by atoms with Gasteiger partial charge in [-0.05, 0) is 46.3 Å². The summed E-state index contributed by atoms with van der Waals surface area (Å²) in [6, 6.07) is 6.29. The van der Waals surface area contributed by atoms with Crippen LogP contribution in [-0.4, -0.2) is 10.2 Å². The van der Waals surface area contributed by atoms with Gasteiger partial charge in [0.15, 0.2) is 0 Å². The molecule has 3 heteroatoms. The molecule has 0 saturated carbocycles.